The Balaban J connectivity index is 1.61. The van der Waals surface area contributed by atoms with Gasteiger partial charge in [-0.2, -0.15) is 0 Å². The lowest BCUT2D eigenvalue weighted by molar-refractivity contribution is -0.136. The molecule has 0 aromatic heterocycles. The molecule has 1 unspecified atom stereocenters. The molecule has 0 bridgehead atoms. The number of hydrogen-bond acceptors (Lipinski definition) is 3. The Morgan fingerprint density at radius 3 is 2.26 bits per heavy atom. The Hall–Kier alpha value is -3.15. The molecule has 1 aliphatic carbocycles. The third-order valence-electron chi connectivity index (χ3n) is 4.57. The SMILES string of the molecule is O=C(O)CCNC(=O)c1ccc(NC(=O)C(c2ccccc2)C2CC2)cc1. The van der Waals surface area contributed by atoms with Crippen molar-refractivity contribution in [3.63, 3.8) is 0 Å². The number of nitrogens with one attached hydrogen (secondary N) is 2. The van der Waals surface area contributed by atoms with Gasteiger partial charge >= 0.3 is 5.97 Å². The Morgan fingerprint density at radius 2 is 1.67 bits per heavy atom. The number of hydrogen-bond donors (Lipinski definition) is 3. The Kier molecular flexibility index (Phi) is 5.86. The molecule has 27 heavy (non-hydrogen) atoms. The number of carboxylic acid groups (broad SMARTS) is 1. The molecule has 1 atom stereocenters. The summed E-state index contributed by atoms with van der Waals surface area (Å²) in [6.07, 6.45) is 1.99. The van der Waals surface area contributed by atoms with E-state index in [-0.39, 0.29) is 30.7 Å². The van der Waals surface area contributed by atoms with Crippen LogP contribution >= 0.6 is 0 Å². The van der Waals surface area contributed by atoms with Crippen LogP contribution in [0.15, 0.2) is 54.6 Å². The minimum absolute atomic E-state index is 0.0395. The van der Waals surface area contributed by atoms with Crippen molar-refractivity contribution in [1.29, 1.82) is 0 Å². The Labute approximate surface area is 157 Å². The van der Waals surface area contributed by atoms with Crippen LogP contribution in [-0.2, 0) is 9.59 Å². The lowest BCUT2D eigenvalue weighted by atomic mass is 9.93. The summed E-state index contributed by atoms with van der Waals surface area (Å²) >= 11 is 0. The molecule has 0 spiro atoms. The molecule has 0 saturated heterocycles. The molecule has 2 aromatic carbocycles. The van der Waals surface area contributed by atoms with E-state index in [2.05, 4.69) is 10.6 Å². The zero-order valence-electron chi connectivity index (χ0n) is 14.9. The second-order valence-electron chi connectivity index (χ2n) is 6.69. The number of benzene rings is 2. The van der Waals surface area contributed by atoms with Crippen molar-refractivity contribution in [1.82, 2.24) is 5.32 Å². The maximum absolute atomic E-state index is 12.8. The van der Waals surface area contributed by atoms with Gasteiger partial charge in [0.1, 0.15) is 0 Å². The van der Waals surface area contributed by atoms with Gasteiger partial charge in [0.25, 0.3) is 5.91 Å². The van der Waals surface area contributed by atoms with Crippen LogP contribution in [0.25, 0.3) is 0 Å². The Morgan fingerprint density at radius 1 is 1.00 bits per heavy atom. The van der Waals surface area contributed by atoms with Crippen molar-refractivity contribution in [3.8, 4) is 0 Å². The highest BCUT2D eigenvalue weighted by Gasteiger charge is 2.37. The lowest BCUT2D eigenvalue weighted by Crippen LogP contribution is -2.26. The minimum atomic E-state index is -0.961. The number of rotatable bonds is 8. The van der Waals surface area contributed by atoms with Gasteiger partial charge < -0.3 is 15.7 Å². The van der Waals surface area contributed by atoms with Gasteiger partial charge in [-0.1, -0.05) is 30.3 Å². The third-order valence-corrected chi connectivity index (χ3v) is 4.57. The summed E-state index contributed by atoms with van der Waals surface area (Å²) in [7, 11) is 0. The summed E-state index contributed by atoms with van der Waals surface area (Å²) in [5.74, 6) is -1.12. The topological polar surface area (TPSA) is 95.5 Å². The van der Waals surface area contributed by atoms with Gasteiger partial charge in [-0.05, 0) is 48.6 Å². The van der Waals surface area contributed by atoms with Crippen LogP contribution in [0.1, 0.15) is 41.1 Å². The number of aliphatic carboxylic acids is 1. The standard InChI is InChI=1S/C21H22N2O4/c24-18(25)12-13-22-20(26)16-8-10-17(11-9-16)23-21(27)19(15-6-7-15)14-4-2-1-3-5-14/h1-5,8-11,15,19H,6-7,12-13H2,(H,22,26)(H,23,27)(H,24,25). The van der Waals surface area contributed by atoms with E-state index in [1.807, 2.05) is 30.3 Å². The van der Waals surface area contributed by atoms with E-state index in [0.29, 0.717) is 17.2 Å². The summed E-state index contributed by atoms with van der Waals surface area (Å²) in [5.41, 5.74) is 2.07. The van der Waals surface area contributed by atoms with Gasteiger partial charge in [0.15, 0.2) is 0 Å². The second-order valence-corrected chi connectivity index (χ2v) is 6.69. The predicted octanol–water partition coefficient (Wildman–Crippen LogP) is 3.02. The van der Waals surface area contributed by atoms with Crippen molar-refractivity contribution in [2.75, 3.05) is 11.9 Å². The van der Waals surface area contributed by atoms with Gasteiger partial charge in [0.05, 0.1) is 12.3 Å². The van der Waals surface area contributed by atoms with Crippen molar-refractivity contribution in [2.24, 2.45) is 5.92 Å². The molecule has 1 aliphatic rings. The average Bonchev–Trinajstić information content (AvgIpc) is 3.48. The largest absolute Gasteiger partial charge is 0.481 e. The molecule has 0 radical (unpaired) electrons. The molecular formula is C21H22N2O4. The molecule has 1 fully saturated rings. The summed E-state index contributed by atoms with van der Waals surface area (Å²) in [6.45, 7) is 0.0762. The molecule has 2 aromatic rings. The van der Waals surface area contributed by atoms with Gasteiger partial charge in [-0.15, -0.1) is 0 Å². The summed E-state index contributed by atoms with van der Waals surface area (Å²) < 4.78 is 0. The van der Waals surface area contributed by atoms with Crippen LogP contribution in [0.3, 0.4) is 0 Å². The molecular weight excluding hydrogens is 344 g/mol. The molecule has 3 rings (SSSR count). The van der Waals surface area contributed by atoms with E-state index in [0.717, 1.165) is 18.4 Å². The van der Waals surface area contributed by atoms with E-state index in [1.165, 1.54) is 0 Å². The quantitative estimate of drug-likeness (QED) is 0.669. The normalized spacial score (nSPS) is 14.2. The molecule has 6 heteroatoms. The zero-order chi connectivity index (χ0) is 19.2. The van der Waals surface area contributed by atoms with Crippen molar-refractivity contribution < 1.29 is 19.5 Å². The maximum Gasteiger partial charge on any atom is 0.305 e. The number of carbonyl (C=O) groups is 3. The van der Waals surface area contributed by atoms with Gasteiger partial charge in [-0.25, -0.2) is 0 Å². The van der Waals surface area contributed by atoms with Crippen LogP contribution < -0.4 is 10.6 Å². The minimum Gasteiger partial charge on any atom is -0.481 e. The van der Waals surface area contributed by atoms with E-state index in [4.69, 9.17) is 5.11 Å². The van der Waals surface area contributed by atoms with E-state index in [1.54, 1.807) is 24.3 Å². The fourth-order valence-corrected chi connectivity index (χ4v) is 3.04. The smallest absolute Gasteiger partial charge is 0.305 e. The van der Waals surface area contributed by atoms with Crippen LogP contribution in [0.5, 0.6) is 0 Å². The van der Waals surface area contributed by atoms with Gasteiger partial charge in [0, 0.05) is 17.8 Å². The molecule has 0 aliphatic heterocycles. The molecule has 1 saturated carbocycles. The van der Waals surface area contributed by atoms with Gasteiger partial charge in [-0.3, -0.25) is 14.4 Å². The number of carbonyl (C=O) groups excluding carboxylic acids is 2. The monoisotopic (exact) mass is 366 g/mol. The third kappa shape index (κ3) is 5.17. The first-order valence-corrected chi connectivity index (χ1v) is 9.00. The van der Waals surface area contributed by atoms with Crippen LogP contribution in [0, 0.1) is 5.92 Å². The first-order valence-electron chi connectivity index (χ1n) is 9.00. The molecule has 140 valence electrons. The lowest BCUT2D eigenvalue weighted by Gasteiger charge is -2.17. The molecule has 3 N–H and O–H groups in total. The summed E-state index contributed by atoms with van der Waals surface area (Å²) in [4.78, 5) is 35.2. The highest BCUT2D eigenvalue weighted by Crippen LogP contribution is 2.43. The van der Waals surface area contributed by atoms with E-state index < -0.39 is 5.97 Å². The maximum atomic E-state index is 12.8. The molecule has 6 nitrogen and oxygen atoms in total. The fraction of sp³-hybridized carbons (Fsp3) is 0.286. The van der Waals surface area contributed by atoms with Crippen molar-refractivity contribution in [3.05, 3.63) is 65.7 Å². The second kappa shape index (κ2) is 8.49. The summed E-state index contributed by atoms with van der Waals surface area (Å²) in [6, 6.07) is 16.4. The summed E-state index contributed by atoms with van der Waals surface area (Å²) in [5, 5.41) is 14.1. The highest BCUT2D eigenvalue weighted by molar-refractivity contribution is 5.98. The number of carboxylic acids is 1. The van der Waals surface area contributed by atoms with Crippen LogP contribution in [0.2, 0.25) is 0 Å². The average molecular weight is 366 g/mol. The number of anilines is 1. The Bertz CT molecular complexity index is 814. The first kappa shape index (κ1) is 18.6. The van der Waals surface area contributed by atoms with Crippen molar-refractivity contribution in [2.45, 2.75) is 25.2 Å². The van der Waals surface area contributed by atoms with Gasteiger partial charge in [0.2, 0.25) is 5.91 Å². The van der Waals surface area contributed by atoms with Crippen LogP contribution in [0.4, 0.5) is 5.69 Å². The molecule has 0 heterocycles. The zero-order valence-corrected chi connectivity index (χ0v) is 14.9. The highest BCUT2D eigenvalue weighted by atomic mass is 16.4. The first-order chi connectivity index (χ1) is 13.0. The van der Waals surface area contributed by atoms with E-state index in [9.17, 15) is 14.4 Å². The fourth-order valence-electron chi connectivity index (χ4n) is 3.04. The van der Waals surface area contributed by atoms with Crippen molar-refractivity contribution >= 4 is 23.5 Å². The number of amides is 2. The molecule has 2 amide bonds. The predicted molar refractivity (Wildman–Crippen MR) is 102 cm³/mol. The van der Waals surface area contributed by atoms with Crippen LogP contribution in [-0.4, -0.2) is 29.4 Å². The van der Waals surface area contributed by atoms with E-state index >= 15 is 0 Å².